The molecule has 0 spiro atoms. The van der Waals surface area contributed by atoms with Crippen LogP contribution in [0.1, 0.15) is 5.56 Å². The second kappa shape index (κ2) is 9.55. The molecule has 4 unspecified atom stereocenters. The monoisotopic (exact) mass is 427 g/mol. The number of nitrogens with one attached hydrogen (secondary N) is 2. The standard InChI is InChI=1S/C23H29N3O5/c1-26(2)17-8-4-15(5-9-17)12-24-19-13-29-22-20(14-30-21(19)22)31-23(27)25-16-6-10-18(28-3)11-7-16/h4-11,19-22,24H,12-14H2,1-3H3,(H,25,27). The molecule has 0 bridgehead atoms. The number of benzene rings is 2. The van der Waals surface area contributed by atoms with E-state index in [1.165, 1.54) is 11.3 Å². The lowest BCUT2D eigenvalue weighted by molar-refractivity contribution is 0.00854. The van der Waals surface area contributed by atoms with E-state index in [1.54, 1.807) is 31.4 Å². The molecule has 2 heterocycles. The number of rotatable bonds is 7. The molecule has 31 heavy (non-hydrogen) atoms. The van der Waals surface area contributed by atoms with E-state index in [2.05, 4.69) is 39.8 Å². The Morgan fingerprint density at radius 2 is 1.74 bits per heavy atom. The zero-order chi connectivity index (χ0) is 21.8. The third-order valence-corrected chi connectivity index (χ3v) is 5.62. The van der Waals surface area contributed by atoms with Crippen molar-refractivity contribution in [1.29, 1.82) is 0 Å². The van der Waals surface area contributed by atoms with Crippen LogP contribution in [0.15, 0.2) is 48.5 Å². The van der Waals surface area contributed by atoms with Gasteiger partial charge in [-0.1, -0.05) is 12.1 Å². The summed E-state index contributed by atoms with van der Waals surface area (Å²) in [5.74, 6) is 0.720. The maximum Gasteiger partial charge on any atom is 0.412 e. The van der Waals surface area contributed by atoms with Crippen molar-refractivity contribution in [3.05, 3.63) is 54.1 Å². The molecule has 2 saturated heterocycles. The number of methoxy groups -OCH3 is 1. The Hall–Kier alpha value is -2.81. The Kier molecular flexibility index (Phi) is 6.60. The first-order valence-electron chi connectivity index (χ1n) is 10.4. The van der Waals surface area contributed by atoms with E-state index in [1.807, 2.05) is 14.1 Å². The zero-order valence-corrected chi connectivity index (χ0v) is 18.0. The number of carbonyl (C=O) groups is 1. The van der Waals surface area contributed by atoms with Crippen molar-refractivity contribution >= 4 is 17.5 Å². The van der Waals surface area contributed by atoms with Gasteiger partial charge >= 0.3 is 6.09 Å². The fraction of sp³-hybridized carbons (Fsp3) is 0.435. The number of hydrogen-bond donors (Lipinski definition) is 2. The molecule has 2 aliphatic heterocycles. The number of hydrogen-bond acceptors (Lipinski definition) is 7. The summed E-state index contributed by atoms with van der Waals surface area (Å²) in [4.78, 5) is 14.4. The SMILES string of the molecule is COc1ccc(NC(=O)OC2COC3C(NCc4ccc(N(C)C)cc4)COC23)cc1. The minimum atomic E-state index is -0.527. The van der Waals surface area contributed by atoms with Crippen molar-refractivity contribution in [2.24, 2.45) is 0 Å². The van der Waals surface area contributed by atoms with Gasteiger partial charge in [-0.15, -0.1) is 0 Å². The van der Waals surface area contributed by atoms with Gasteiger partial charge in [-0.3, -0.25) is 5.32 Å². The second-order valence-corrected chi connectivity index (χ2v) is 7.94. The predicted octanol–water partition coefficient (Wildman–Crippen LogP) is 2.63. The summed E-state index contributed by atoms with van der Waals surface area (Å²) in [5.41, 5.74) is 2.99. The van der Waals surface area contributed by atoms with Gasteiger partial charge < -0.3 is 29.2 Å². The molecule has 2 aliphatic rings. The number of nitrogens with zero attached hydrogens (tertiary/aromatic N) is 1. The van der Waals surface area contributed by atoms with Crippen molar-refractivity contribution in [3.63, 3.8) is 0 Å². The molecular formula is C23H29N3O5. The van der Waals surface area contributed by atoms with Crippen LogP contribution in [-0.2, 0) is 20.8 Å². The molecule has 0 aromatic heterocycles. The van der Waals surface area contributed by atoms with Crippen LogP contribution >= 0.6 is 0 Å². The highest BCUT2D eigenvalue weighted by Crippen LogP contribution is 2.29. The Labute approximate surface area is 182 Å². The van der Waals surface area contributed by atoms with Gasteiger partial charge in [0.05, 0.1) is 26.4 Å². The van der Waals surface area contributed by atoms with Crippen LogP contribution < -0.4 is 20.3 Å². The first-order valence-corrected chi connectivity index (χ1v) is 10.4. The summed E-state index contributed by atoms with van der Waals surface area (Å²) in [6.45, 7) is 1.56. The molecule has 2 aromatic rings. The summed E-state index contributed by atoms with van der Waals surface area (Å²) >= 11 is 0. The van der Waals surface area contributed by atoms with E-state index in [9.17, 15) is 4.79 Å². The Morgan fingerprint density at radius 1 is 1.03 bits per heavy atom. The quantitative estimate of drug-likeness (QED) is 0.703. The van der Waals surface area contributed by atoms with Gasteiger partial charge in [0.2, 0.25) is 0 Å². The van der Waals surface area contributed by atoms with E-state index < -0.39 is 12.2 Å². The molecule has 2 N–H and O–H groups in total. The second-order valence-electron chi connectivity index (χ2n) is 7.94. The summed E-state index contributed by atoms with van der Waals surface area (Å²) in [7, 11) is 5.64. The van der Waals surface area contributed by atoms with Gasteiger partial charge in [-0.05, 0) is 42.0 Å². The van der Waals surface area contributed by atoms with Gasteiger partial charge in [0.1, 0.15) is 18.0 Å². The number of anilines is 2. The van der Waals surface area contributed by atoms with E-state index >= 15 is 0 Å². The van der Waals surface area contributed by atoms with E-state index in [4.69, 9.17) is 18.9 Å². The molecule has 8 nitrogen and oxygen atoms in total. The molecule has 0 aliphatic carbocycles. The van der Waals surface area contributed by atoms with Crippen molar-refractivity contribution in [1.82, 2.24) is 5.32 Å². The van der Waals surface area contributed by atoms with Crippen LogP contribution in [0.3, 0.4) is 0 Å². The molecule has 4 atom stereocenters. The van der Waals surface area contributed by atoms with Crippen LogP contribution in [0.2, 0.25) is 0 Å². The molecule has 0 saturated carbocycles. The lowest BCUT2D eigenvalue weighted by Gasteiger charge is -2.18. The maximum absolute atomic E-state index is 12.3. The summed E-state index contributed by atoms with van der Waals surface area (Å²) in [6.07, 6.45) is -1.37. The summed E-state index contributed by atoms with van der Waals surface area (Å²) in [5, 5.41) is 6.23. The average Bonchev–Trinajstić information content (AvgIpc) is 3.36. The van der Waals surface area contributed by atoms with Gasteiger partial charge in [0.25, 0.3) is 0 Å². The van der Waals surface area contributed by atoms with Gasteiger partial charge in [0, 0.05) is 32.0 Å². The normalized spacial score (nSPS) is 24.5. The fourth-order valence-corrected chi connectivity index (χ4v) is 3.86. The van der Waals surface area contributed by atoms with E-state index in [-0.39, 0.29) is 18.2 Å². The lowest BCUT2D eigenvalue weighted by atomic mass is 10.1. The van der Waals surface area contributed by atoms with E-state index in [0.29, 0.717) is 18.9 Å². The molecule has 4 rings (SSSR count). The van der Waals surface area contributed by atoms with Crippen LogP contribution in [-0.4, -0.2) is 64.9 Å². The predicted molar refractivity (Wildman–Crippen MR) is 118 cm³/mol. The molecule has 166 valence electrons. The van der Waals surface area contributed by atoms with E-state index in [0.717, 1.165) is 12.3 Å². The smallest absolute Gasteiger partial charge is 0.412 e. The third-order valence-electron chi connectivity index (χ3n) is 5.62. The average molecular weight is 428 g/mol. The van der Waals surface area contributed by atoms with Crippen molar-refractivity contribution in [2.45, 2.75) is 30.9 Å². The van der Waals surface area contributed by atoms with Crippen molar-refractivity contribution in [3.8, 4) is 5.75 Å². The Balaban J connectivity index is 1.26. The topological polar surface area (TPSA) is 81.3 Å². The molecule has 2 aromatic carbocycles. The first kappa shape index (κ1) is 21.4. The van der Waals surface area contributed by atoms with Gasteiger partial charge in [-0.25, -0.2) is 4.79 Å². The van der Waals surface area contributed by atoms with Gasteiger partial charge in [0.15, 0.2) is 6.10 Å². The minimum Gasteiger partial charge on any atom is -0.497 e. The number of carbonyl (C=O) groups excluding carboxylic acids is 1. The van der Waals surface area contributed by atoms with Crippen LogP contribution in [0.25, 0.3) is 0 Å². The molecule has 1 amide bonds. The minimum absolute atomic E-state index is 0.0526. The fourth-order valence-electron chi connectivity index (χ4n) is 3.86. The first-order chi connectivity index (χ1) is 15.0. The van der Waals surface area contributed by atoms with Crippen molar-refractivity contribution in [2.75, 3.05) is 44.6 Å². The molecule has 8 heteroatoms. The molecule has 2 fully saturated rings. The van der Waals surface area contributed by atoms with Crippen molar-refractivity contribution < 1.29 is 23.7 Å². The summed E-state index contributed by atoms with van der Waals surface area (Å²) < 4.78 is 22.5. The zero-order valence-electron chi connectivity index (χ0n) is 18.0. The number of fused-ring (bicyclic) bond motifs is 1. The van der Waals surface area contributed by atoms with Crippen LogP contribution in [0, 0.1) is 0 Å². The molecular weight excluding hydrogens is 398 g/mol. The molecule has 0 radical (unpaired) electrons. The lowest BCUT2D eigenvalue weighted by Crippen LogP contribution is -2.41. The van der Waals surface area contributed by atoms with Gasteiger partial charge in [-0.2, -0.15) is 0 Å². The Morgan fingerprint density at radius 3 is 2.42 bits per heavy atom. The van der Waals surface area contributed by atoms with Crippen LogP contribution in [0.4, 0.5) is 16.2 Å². The number of ether oxygens (including phenoxy) is 4. The summed E-state index contributed by atoms with van der Waals surface area (Å²) in [6, 6.07) is 15.5. The van der Waals surface area contributed by atoms with Crippen LogP contribution in [0.5, 0.6) is 5.75 Å². The highest BCUT2D eigenvalue weighted by molar-refractivity contribution is 5.84. The highest BCUT2D eigenvalue weighted by Gasteiger charge is 2.49. The Bertz CT molecular complexity index is 872. The highest BCUT2D eigenvalue weighted by atomic mass is 16.6. The number of amides is 1. The maximum atomic E-state index is 12.3. The third kappa shape index (κ3) is 5.10. The largest absolute Gasteiger partial charge is 0.497 e.